The lowest BCUT2D eigenvalue weighted by molar-refractivity contribution is -0.857. The van der Waals surface area contributed by atoms with E-state index in [1.807, 2.05) is 20.2 Å². The highest BCUT2D eigenvalue weighted by Gasteiger charge is 2.54. The number of aromatic nitrogens is 1. The summed E-state index contributed by atoms with van der Waals surface area (Å²) >= 11 is 0. The van der Waals surface area contributed by atoms with E-state index in [9.17, 15) is 14.4 Å². The average molecular weight is 343 g/mol. The molecule has 1 saturated heterocycles. The molecular weight excluding hydrogens is 322 g/mol. The molecule has 7 heteroatoms. The highest BCUT2D eigenvalue weighted by atomic mass is 16.3. The number of ketones is 2. The molecule has 1 aliphatic heterocycles. The van der Waals surface area contributed by atoms with Crippen molar-refractivity contribution < 1.29 is 28.7 Å². The first-order valence-electron chi connectivity index (χ1n) is 8.19. The fourth-order valence-electron chi connectivity index (χ4n) is 3.08. The van der Waals surface area contributed by atoms with Gasteiger partial charge in [0.05, 0.1) is 33.4 Å². The van der Waals surface area contributed by atoms with E-state index in [-0.39, 0.29) is 5.76 Å². The Balaban J connectivity index is 2.01. The summed E-state index contributed by atoms with van der Waals surface area (Å²) < 4.78 is 5.16. The summed E-state index contributed by atoms with van der Waals surface area (Å²) in [5.41, 5.74) is 0.653. The summed E-state index contributed by atoms with van der Waals surface area (Å²) in [6, 6.07) is 7.85. The standard InChI is InChI=1S/C18H19N3O4/c1-20(2)9-10-21-15(12-6-3-4-8-19-12)14(17(23)18(21)24)16(22)13-7-5-11-25-13/h3-8,11,14-15H,9-10H2,1-2H3/p+2. The molecule has 1 amide bonds. The predicted molar refractivity (Wildman–Crippen MR) is 86.7 cm³/mol. The summed E-state index contributed by atoms with van der Waals surface area (Å²) in [4.78, 5) is 43.7. The van der Waals surface area contributed by atoms with E-state index in [0.717, 1.165) is 4.90 Å². The molecule has 2 unspecified atom stereocenters. The summed E-state index contributed by atoms with van der Waals surface area (Å²) in [6.45, 7) is 1.06. The minimum atomic E-state index is -1.10. The molecule has 2 atom stereocenters. The first-order chi connectivity index (χ1) is 12.0. The van der Waals surface area contributed by atoms with E-state index >= 15 is 0 Å². The van der Waals surface area contributed by atoms with Gasteiger partial charge in [-0.2, -0.15) is 0 Å². The number of nitrogens with zero attached hydrogens (tertiary/aromatic N) is 1. The highest BCUT2D eigenvalue weighted by Crippen LogP contribution is 2.36. The third-order valence-corrected chi connectivity index (χ3v) is 4.36. The first kappa shape index (κ1) is 17.0. The third kappa shape index (κ3) is 3.23. The molecule has 3 heterocycles. The second-order valence-electron chi connectivity index (χ2n) is 6.40. The van der Waals surface area contributed by atoms with Gasteiger partial charge in [0.25, 0.3) is 5.91 Å². The number of hydrogen-bond acceptors (Lipinski definition) is 4. The number of carbonyl (C=O) groups excluding carboxylic acids is 3. The molecule has 2 N–H and O–H groups in total. The predicted octanol–water partition coefficient (Wildman–Crippen LogP) is -0.810. The van der Waals surface area contributed by atoms with Crippen LogP contribution in [0.5, 0.6) is 0 Å². The van der Waals surface area contributed by atoms with Crippen molar-refractivity contribution in [3.63, 3.8) is 0 Å². The molecule has 2 aromatic rings. The molecule has 3 rings (SSSR count). The lowest BCUT2D eigenvalue weighted by Gasteiger charge is -2.23. The van der Waals surface area contributed by atoms with E-state index in [2.05, 4.69) is 4.98 Å². The SMILES string of the molecule is C[NH+](C)CCN1C(=O)C(=O)C(C(=O)c2ccco2)C1c1cccc[nH+]1. The van der Waals surface area contributed by atoms with Crippen molar-refractivity contribution in [2.24, 2.45) is 5.92 Å². The Bertz CT molecular complexity index is 771. The van der Waals surface area contributed by atoms with Crippen LogP contribution in [0.3, 0.4) is 0 Å². The molecule has 0 saturated carbocycles. The molecule has 0 spiro atoms. The number of likely N-dealkylation sites (N-methyl/N-ethyl adjacent to an activating group) is 1. The summed E-state index contributed by atoms with van der Waals surface area (Å²) in [5.74, 6) is -2.78. The van der Waals surface area contributed by atoms with Gasteiger partial charge >= 0.3 is 0 Å². The van der Waals surface area contributed by atoms with Gasteiger partial charge in [0.15, 0.2) is 12.0 Å². The first-order valence-corrected chi connectivity index (χ1v) is 8.19. The summed E-state index contributed by atoms with van der Waals surface area (Å²) in [7, 11) is 3.94. The van der Waals surface area contributed by atoms with Gasteiger partial charge in [-0.1, -0.05) is 6.07 Å². The van der Waals surface area contributed by atoms with Crippen LogP contribution < -0.4 is 9.88 Å². The van der Waals surface area contributed by atoms with Crippen LogP contribution in [0.1, 0.15) is 22.3 Å². The molecule has 0 aliphatic carbocycles. The van der Waals surface area contributed by atoms with Crippen molar-refractivity contribution in [2.45, 2.75) is 6.04 Å². The number of Topliss-reactive ketones (excluding diaryl/α,β-unsaturated/α-hetero) is 2. The van der Waals surface area contributed by atoms with Crippen molar-refractivity contribution in [1.29, 1.82) is 0 Å². The maximum absolute atomic E-state index is 12.8. The van der Waals surface area contributed by atoms with E-state index in [1.54, 1.807) is 24.4 Å². The summed E-state index contributed by atoms with van der Waals surface area (Å²) in [6.07, 6.45) is 3.09. The molecule has 25 heavy (non-hydrogen) atoms. The van der Waals surface area contributed by atoms with Crippen LogP contribution in [0, 0.1) is 5.92 Å². The number of nitrogens with one attached hydrogen (secondary N) is 2. The van der Waals surface area contributed by atoms with Crippen LogP contribution in [-0.4, -0.2) is 49.6 Å². The van der Waals surface area contributed by atoms with Crippen molar-refractivity contribution in [2.75, 3.05) is 27.2 Å². The maximum atomic E-state index is 12.8. The van der Waals surface area contributed by atoms with Crippen LogP contribution in [0.15, 0.2) is 47.2 Å². The fourth-order valence-corrected chi connectivity index (χ4v) is 3.08. The number of H-pyrrole nitrogens is 1. The van der Waals surface area contributed by atoms with Gasteiger partial charge < -0.3 is 14.2 Å². The molecule has 0 bridgehead atoms. The Hall–Kier alpha value is -2.80. The van der Waals surface area contributed by atoms with Crippen LogP contribution in [0.4, 0.5) is 0 Å². The second kappa shape index (κ2) is 6.98. The van der Waals surface area contributed by atoms with Gasteiger partial charge in [-0.05, 0) is 12.1 Å². The second-order valence-corrected chi connectivity index (χ2v) is 6.40. The number of carbonyl (C=O) groups is 3. The van der Waals surface area contributed by atoms with Crippen LogP contribution in [0.2, 0.25) is 0 Å². The van der Waals surface area contributed by atoms with Crippen molar-refractivity contribution in [1.82, 2.24) is 4.90 Å². The number of quaternary nitrogens is 1. The number of aromatic amines is 1. The lowest BCUT2D eigenvalue weighted by Crippen LogP contribution is -3.06. The van der Waals surface area contributed by atoms with Crippen LogP contribution in [0.25, 0.3) is 0 Å². The zero-order chi connectivity index (χ0) is 18.0. The number of amides is 1. The molecule has 0 aromatic carbocycles. The monoisotopic (exact) mass is 343 g/mol. The van der Waals surface area contributed by atoms with Gasteiger partial charge in [0.1, 0.15) is 12.0 Å². The fraction of sp³-hybridized carbons (Fsp3) is 0.333. The number of rotatable bonds is 6. The Morgan fingerprint density at radius 2 is 2.04 bits per heavy atom. The number of pyridine rings is 1. The topological polar surface area (TPSA) is 86.2 Å². The third-order valence-electron chi connectivity index (χ3n) is 4.36. The number of furan rings is 1. The zero-order valence-corrected chi connectivity index (χ0v) is 14.2. The van der Waals surface area contributed by atoms with Crippen LogP contribution >= 0.6 is 0 Å². The molecule has 130 valence electrons. The Morgan fingerprint density at radius 1 is 1.24 bits per heavy atom. The van der Waals surface area contributed by atoms with Gasteiger partial charge in [-0.3, -0.25) is 14.4 Å². The minimum absolute atomic E-state index is 0.0900. The number of likely N-dealkylation sites (tertiary alicyclic amines) is 1. The highest BCUT2D eigenvalue weighted by molar-refractivity contribution is 6.43. The smallest absolute Gasteiger partial charge is 0.291 e. The van der Waals surface area contributed by atoms with Crippen LogP contribution in [-0.2, 0) is 9.59 Å². The minimum Gasteiger partial charge on any atom is -0.461 e. The van der Waals surface area contributed by atoms with Gasteiger partial charge in [-0.25, -0.2) is 4.98 Å². The molecule has 1 aliphatic rings. The lowest BCUT2D eigenvalue weighted by atomic mass is 9.90. The molecule has 2 aromatic heterocycles. The van der Waals surface area contributed by atoms with Gasteiger partial charge in [-0.15, -0.1) is 0 Å². The maximum Gasteiger partial charge on any atom is 0.291 e. The van der Waals surface area contributed by atoms with Crippen molar-refractivity contribution in [3.05, 3.63) is 54.2 Å². The van der Waals surface area contributed by atoms with E-state index in [4.69, 9.17) is 4.42 Å². The quantitative estimate of drug-likeness (QED) is 0.422. The van der Waals surface area contributed by atoms with Gasteiger partial charge in [0.2, 0.25) is 17.3 Å². The average Bonchev–Trinajstić information content (AvgIpc) is 3.22. The zero-order valence-electron chi connectivity index (χ0n) is 14.2. The molecule has 1 fully saturated rings. The van der Waals surface area contributed by atoms with Gasteiger partial charge in [0, 0.05) is 12.1 Å². The van der Waals surface area contributed by atoms with Crippen molar-refractivity contribution in [3.8, 4) is 0 Å². The van der Waals surface area contributed by atoms with E-state index in [0.29, 0.717) is 18.8 Å². The largest absolute Gasteiger partial charge is 0.461 e. The Kier molecular flexibility index (Phi) is 4.76. The Labute approximate surface area is 145 Å². The summed E-state index contributed by atoms with van der Waals surface area (Å²) in [5, 5.41) is 0. The number of hydrogen-bond donors (Lipinski definition) is 1. The van der Waals surface area contributed by atoms with E-state index in [1.165, 1.54) is 17.2 Å². The molecule has 7 nitrogen and oxygen atoms in total. The van der Waals surface area contributed by atoms with E-state index < -0.39 is 29.4 Å². The van der Waals surface area contributed by atoms with Crippen molar-refractivity contribution >= 4 is 17.5 Å². The normalized spacial score (nSPS) is 20.5. The Morgan fingerprint density at radius 3 is 2.64 bits per heavy atom. The molecular formula is C18H21N3O4+2. The molecule has 0 radical (unpaired) electrons.